The zero-order chi connectivity index (χ0) is 12.0. The first kappa shape index (κ1) is 10.5. The maximum Gasteiger partial charge on any atom is 0.164 e. The maximum atomic E-state index is 4.66. The molecule has 0 aliphatic heterocycles. The van der Waals surface area contributed by atoms with Crippen molar-refractivity contribution in [2.24, 2.45) is 0 Å². The quantitative estimate of drug-likeness (QED) is 0.656. The molecule has 0 spiro atoms. The van der Waals surface area contributed by atoms with Crippen LogP contribution in [0.5, 0.6) is 0 Å². The molecular formula is C13H13N3S. The standard InChI is InChI=1S/C13H13N3S/c1-8-9(2)15-13-11(12-5-4-6-17-12)7-14-16(13)10(8)3/h4-7H,1-3H3. The molecule has 0 aromatic carbocycles. The fraction of sp³-hybridized carbons (Fsp3) is 0.231. The molecule has 0 fully saturated rings. The van der Waals surface area contributed by atoms with Crippen molar-refractivity contribution in [2.75, 3.05) is 0 Å². The summed E-state index contributed by atoms with van der Waals surface area (Å²) in [5.41, 5.74) is 5.51. The number of nitrogens with zero attached hydrogens (tertiary/aromatic N) is 3. The lowest BCUT2D eigenvalue weighted by atomic mass is 10.2. The van der Waals surface area contributed by atoms with Gasteiger partial charge in [-0.3, -0.25) is 0 Å². The number of aryl methyl sites for hydroxylation is 2. The van der Waals surface area contributed by atoms with Crippen molar-refractivity contribution >= 4 is 17.0 Å². The molecule has 3 aromatic rings. The van der Waals surface area contributed by atoms with E-state index in [4.69, 9.17) is 0 Å². The summed E-state index contributed by atoms with van der Waals surface area (Å²) in [5, 5.41) is 6.51. The van der Waals surface area contributed by atoms with E-state index in [1.54, 1.807) is 11.3 Å². The van der Waals surface area contributed by atoms with Crippen LogP contribution in [0.2, 0.25) is 0 Å². The van der Waals surface area contributed by atoms with Crippen LogP contribution in [-0.2, 0) is 0 Å². The van der Waals surface area contributed by atoms with Gasteiger partial charge >= 0.3 is 0 Å². The number of thiophene rings is 1. The average molecular weight is 243 g/mol. The predicted molar refractivity (Wildman–Crippen MR) is 70.5 cm³/mol. The number of aromatic nitrogens is 3. The molecule has 0 atom stereocenters. The summed E-state index contributed by atoms with van der Waals surface area (Å²) in [4.78, 5) is 5.88. The smallest absolute Gasteiger partial charge is 0.164 e. The summed E-state index contributed by atoms with van der Waals surface area (Å²) in [6.45, 7) is 6.22. The zero-order valence-electron chi connectivity index (χ0n) is 10.1. The second-order valence-electron chi connectivity index (χ2n) is 4.18. The van der Waals surface area contributed by atoms with E-state index in [0.717, 1.165) is 22.6 Å². The fourth-order valence-electron chi connectivity index (χ4n) is 1.96. The lowest BCUT2D eigenvalue weighted by Gasteiger charge is -2.06. The molecule has 0 radical (unpaired) electrons. The Hall–Kier alpha value is -1.68. The van der Waals surface area contributed by atoms with Gasteiger partial charge in [-0.1, -0.05) is 6.07 Å². The third-order valence-corrected chi connectivity index (χ3v) is 4.11. The van der Waals surface area contributed by atoms with E-state index in [9.17, 15) is 0 Å². The highest BCUT2D eigenvalue weighted by atomic mass is 32.1. The highest BCUT2D eigenvalue weighted by molar-refractivity contribution is 7.13. The van der Waals surface area contributed by atoms with Crippen molar-refractivity contribution in [3.63, 3.8) is 0 Å². The fourth-order valence-corrected chi connectivity index (χ4v) is 2.70. The molecule has 0 aliphatic rings. The first-order valence-electron chi connectivity index (χ1n) is 5.54. The van der Waals surface area contributed by atoms with Gasteiger partial charge in [0.05, 0.1) is 11.8 Å². The summed E-state index contributed by atoms with van der Waals surface area (Å²) < 4.78 is 1.93. The molecule has 3 nitrogen and oxygen atoms in total. The Morgan fingerprint density at radius 3 is 2.76 bits per heavy atom. The molecule has 0 amide bonds. The van der Waals surface area contributed by atoms with Gasteiger partial charge in [0.15, 0.2) is 5.65 Å². The van der Waals surface area contributed by atoms with Gasteiger partial charge in [0.25, 0.3) is 0 Å². The molecule has 0 saturated carbocycles. The van der Waals surface area contributed by atoms with E-state index in [0.29, 0.717) is 0 Å². The summed E-state index contributed by atoms with van der Waals surface area (Å²) in [7, 11) is 0. The molecule has 17 heavy (non-hydrogen) atoms. The lowest BCUT2D eigenvalue weighted by Crippen LogP contribution is -2.01. The van der Waals surface area contributed by atoms with Gasteiger partial charge in [0, 0.05) is 16.3 Å². The second-order valence-corrected chi connectivity index (χ2v) is 5.13. The number of hydrogen-bond donors (Lipinski definition) is 0. The molecule has 0 aliphatic carbocycles. The van der Waals surface area contributed by atoms with Crippen LogP contribution in [-0.4, -0.2) is 14.6 Å². The van der Waals surface area contributed by atoms with Crippen molar-refractivity contribution in [1.29, 1.82) is 0 Å². The Bertz CT molecular complexity index is 680. The van der Waals surface area contributed by atoms with Crippen LogP contribution in [0.1, 0.15) is 17.0 Å². The van der Waals surface area contributed by atoms with Gasteiger partial charge in [0.1, 0.15) is 0 Å². The van der Waals surface area contributed by atoms with Crippen LogP contribution in [0, 0.1) is 20.8 Å². The lowest BCUT2D eigenvalue weighted by molar-refractivity contribution is 0.870. The molecule has 86 valence electrons. The predicted octanol–water partition coefficient (Wildman–Crippen LogP) is 3.38. The van der Waals surface area contributed by atoms with Crippen molar-refractivity contribution in [1.82, 2.24) is 14.6 Å². The Kier molecular flexibility index (Phi) is 2.26. The monoisotopic (exact) mass is 243 g/mol. The summed E-state index contributed by atoms with van der Waals surface area (Å²) in [6, 6.07) is 4.16. The van der Waals surface area contributed by atoms with Gasteiger partial charge in [-0.15, -0.1) is 11.3 Å². The van der Waals surface area contributed by atoms with E-state index in [-0.39, 0.29) is 0 Å². The van der Waals surface area contributed by atoms with E-state index in [1.807, 2.05) is 17.6 Å². The van der Waals surface area contributed by atoms with Crippen molar-refractivity contribution in [3.05, 3.63) is 40.7 Å². The summed E-state index contributed by atoms with van der Waals surface area (Å²) in [5.74, 6) is 0. The Balaban J connectivity index is 2.37. The van der Waals surface area contributed by atoms with Crippen LogP contribution < -0.4 is 0 Å². The highest BCUT2D eigenvalue weighted by Gasteiger charge is 2.12. The summed E-state index contributed by atoms with van der Waals surface area (Å²) in [6.07, 6.45) is 1.90. The van der Waals surface area contributed by atoms with Crippen molar-refractivity contribution in [2.45, 2.75) is 20.8 Å². The van der Waals surface area contributed by atoms with Crippen LogP contribution in [0.3, 0.4) is 0 Å². The minimum absolute atomic E-state index is 0.952. The Morgan fingerprint density at radius 2 is 2.06 bits per heavy atom. The molecule has 3 rings (SSSR count). The largest absolute Gasteiger partial charge is 0.233 e. The zero-order valence-corrected chi connectivity index (χ0v) is 10.9. The normalized spacial score (nSPS) is 11.2. The first-order chi connectivity index (χ1) is 8.18. The average Bonchev–Trinajstić information content (AvgIpc) is 2.93. The number of rotatable bonds is 1. The van der Waals surface area contributed by atoms with Gasteiger partial charge < -0.3 is 0 Å². The molecule has 0 bridgehead atoms. The maximum absolute atomic E-state index is 4.66. The molecular weight excluding hydrogens is 230 g/mol. The number of fused-ring (bicyclic) bond motifs is 1. The molecule has 4 heteroatoms. The second kappa shape index (κ2) is 3.67. The van der Waals surface area contributed by atoms with Crippen LogP contribution in [0.4, 0.5) is 0 Å². The number of hydrogen-bond acceptors (Lipinski definition) is 3. The minimum atomic E-state index is 0.952. The molecule has 3 aromatic heterocycles. The van der Waals surface area contributed by atoms with Crippen molar-refractivity contribution < 1.29 is 0 Å². The Labute approximate surface area is 104 Å². The highest BCUT2D eigenvalue weighted by Crippen LogP contribution is 2.28. The van der Waals surface area contributed by atoms with Crippen LogP contribution >= 0.6 is 11.3 Å². The van der Waals surface area contributed by atoms with Crippen molar-refractivity contribution in [3.8, 4) is 10.4 Å². The molecule has 3 heterocycles. The van der Waals surface area contributed by atoms with Gasteiger partial charge in [0.2, 0.25) is 0 Å². The Morgan fingerprint density at radius 1 is 1.24 bits per heavy atom. The SMILES string of the molecule is Cc1nc2c(-c3cccs3)cnn2c(C)c1C. The minimum Gasteiger partial charge on any atom is -0.233 e. The third-order valence-electron chi connectivity index (χ3n) is 3.21. The van der Waals surface area contributed by atoms with Crippen LogP contribution in [0.15, 0.2) is 23.7 Å². The molecule has 0 N–H and O–H groups in total. The van der Waals surface area contributed by atoms with Gasteiger partial charge in [-0.25, -0.2) is 9.50 Å². The van der Waals surface area contributed by atoms with Crippen LogP contribution in [0.25, 0.3) is 16.1 Å². The van der Waals surface area contributed by atoms with E-state index in [2.05, 4.69) is 41.4 Å². The topological polar surface area (TPSA) is 30.2 Å². The van der Waals surface area contributed by atoms with Gasteiger partial charge in [-0.2, -0.15) is 5.10 Å². The molecule has 0 unspecified atom stereocenters. The van der Waals surface area contributed by atoms with E-state index < -0.39 is 0 Å². The van der Waals surface area contributed by atoms with E-state index >= 15 is 0 Å². The summed E-state index contributed by atoms with van der Waals surface area (Å²) >= 11 is 1.72. The molecule has 0 saturated heterocycles. The third kappa shape index (κ3) is 1.48. The van der Waals surface area contributed by atoms with Gasteiger partial charge in [-0.05, 0) is 37.8 Å². The first-order valence-corrected chi connectivity index (χ1v) is 6.42. The van der Waals surface area contributed by atoms with E-state index in [1.165, 1.54) is 10.4 Å².